The highest BCUT2D eigenvalue weighted by Crippen LogP contribution is 2.19. The van der Waals surface area contributed by atoms with Crippen LogP contribution in [0.1, 0.15) is 30.9 Å². The highest BCUT2D eigenvalue weighted by Gasteiger charge is 2.12. The topological polar surface area (TPSA) is 43.1 Å². The van der Waals surface area contributed by atoms with Gasteiger partial charge in [0.1, 0.15) is 5.15 Å². The van der Waals surface area contributed by atoms with Crippen molar-refractivity contribution >= 4 is 17.4 Å². The van der Waals surface area contributed by atoms with Crippen LogP contribution < -0.4 is 0 Å². The van der Waals surface area contributed by atoms with Crippen molar-refractivity contribution in [3.05, 3.63) is 22.2 Å². The van der Waals surface area contributed by atoms with Gasteiger partial charge in [-0.1, -0.05) is 25.4 Å². The number of rotatable bonds is 2. The van der Waals surface area contributed by atoms with Crippen LogP contribution in [0.15, 0.2) is 0 Å². The Morgan fingerprint density at radius 3 is 2.53 bits per heavy atom. The van der Waals surface area contributed by atoms with Gasteiger partial charge in [-0.3, -0.25) is 0 Å². The monoisotopic (exact) mass is 224 g/mol. The van der Waals surface area contributed by atoms with E-state index in [2.05, 4.69) is 22.0 Å². The second-order valence-electron chi connectivity index (χ2n) is 3.42. The quantitative estimate of drug-likeness (QED) is 0.735. The second-order valence-corrected chi connectivity index (χ2v) is 3.78. The third-order valence-corrected chi connectivity index (χ3v) is 2.89. The molecule has 0 aliphatic carbocycles. The molecule has 0 amide bonds. The van der Waals surface area contributed by atoms with Gasteiger partial charge in [-0.15, -0.1) is 5.10 Å². The second kappa shape index (κ2) is 3.77. The fourth-order valence-electron chi connectivity index (χ4n) is 1.53. The van der Waals surface area contributed by atoms with Crippen molar-refractivity contribution in [3.8, 4) is 0 Å². The minimum atomic E-state index is 0.597. The Balaban J connectivity index is 2.75. The lowest BCUT2D eigenvalue weighted by Crippen LogP contribution is -2.01. The van der Waals surface area contributed by atoms with Gasteiger partial charge in [0.15, 0.2) is 5.82 Å². The average Bonchev–Trinajstić information content (AvgIpc) is 2.66. The van der Waals surface area contributed by atoms with Gasteiger partial charge in [0.25, 0.3) is 5.78 Å². The molecule has 15 heavy (non-hydrogen) atoms. The van der Waals surface area contributed by atoms with Gasteiger partial charge in [0, 0.05) is 12.0 Å². The smallest absolute Gasteiger partial charge is 0.216 e. The summed E-state index contributed by atoms with van der Waals surface area (Å²) in [5.41, 5.74) is 1.97. The zero-order valence-electron chi connectivity index (χ0n) is 9.08. The molecule has 5 heteroatoms. The van der Waals surface area contributed by atoms with Gasteiger partial charge in [-0.2, -0.15) is 9.50 Å². The number of aromatic nitrogens is 4. The Hall–Kier alpha value is -1.16. The van der Waals surface area contributed by atoms with Crippen LogP contribution in [0.3, 0.4) is 0 Å². The van der Waals surface area contributed by atoms with E-state index in [1.807, 2.05) is 13.8 Å². The summed E-state index contributed by atoms with van der Waals surface area (Å²) in [7, 11) is 0. The molecule has 80 valence electrons. The van der Waals surface area contributed by atoms with Crippen molar-refractivity contribution in [2.24, 2.45) is 0 Å². The number of hydrogen-bond acceptors (Lipinski definition) is 3. The van der Waals surface area contributed by atoms with Crippen molar-refractivity contribution in [3.63, 3.8) is 0 Å². The van der Waals surface area contributed by atoms with Crippen LogP contribution in [0.5, 0.6) is 0 Å². The van der Waals surface area contributed by atoms with E-state index < -0.39 is 0 Å². The summed E-state index contributed by atoms with van der Waals surface area (Å²) in [4.78, 5) is 8.73. The Morgan fingerprint density at radius 2 is 1.93 bits per heavy atom. The van der Waals surface area contributed by atoms with Gasteiger partial charge in [0.2, 0.25) is 0 Å². The summed E-state index contributed by atoms with van der Waals surface area (Å²) >= 11 is 6.20. The van der Waals surface area contributed by atoms with Crippen LogP contribution in [0.2, 0.25) is 5.15 Å². The van der Waals surface area contributed by atoms with E-state index in [1.54, 1.807) is 4.52 Å². The predicted molar refractivity (Wildman–Crippen MR) is 59.3 cm³/mol. The third kappa shape index (κ3) is 1.59. The number of aryl methyl sites for hydroxylation is 2. The first-order chi connectivity index (χ1) is 7.17. The van der Waals surface area contributed by atoms with Crippen LogP contribution in [0.4, 0.5) is 0 Å². The molecule has 0 aliphatic heterocycles. The average molecular weight is 225 g/mol. The molecule has 2 aromatic rings. The van der Waals surface area contributed by atoms with Crippen LogP contribution in [0, 0.1) is 6.92 Å². The normalized spacial score (nSPS) is 11.2. The van der Waals surface area contributed by atoms with E-state index in [0.29, 0.717) is 10.9 Å². The molecule has 0 bridgehead atoms. The summed E-state index contributed by atoms with van der Waals surface area (Å²) in [5.74, 6) is 1.37. The number of nitrogens with zero attached hydrogens (tertiary/aromatic N) is 4. The van der Waals surface area contributed by atoms with Crippen molar-refractivity contribution in [2.75, 3.05) is 0 Å². The Morgan fingerprint density at radius 1 is 1.20 bits per heavy atom. The SMILES string of the molecule is CCc1nc2nc(CC)c(C)c(Cl)n2n1. The van der Waals surface area contributed by atoms with Crippen molar-refractivity contribution in [1.82, 2.24) is 19.6 Å². The highest BCUT2D eigenvalue weighted by molar-refractivity contribution is 6.30. The largest absolute Gasteiger partial charge is 0.254 e. The molecule has 0 spiro atoms. The molecule has 2 rings (SSSR count). The zero-order chi connectivity index (χ0) is 11.0. The van der Waals surface area contributed by atoms with E-state index in [0.717, 1.165) is 29.9 Å². The number of halogens is 1. The molecule has 0 atom stereocenters. The van der Waals surface area contributed by atoms with Crippen molar-refractivity contribution < 1.29 is 0 Å². The molecule has 0 aliphatic rings. The summed E-state index contributed by atoms with van der Waals surface area (Å²) in [6, 6.07) is 0. The minimum absolute atomic E-state index is 0.597. The summed E-state index contributed by atoms with van der Waals surface area (Å²) in [5, 5.41) is 4.89. The van der Waals surface area contributed by atoms with Gasteiger partial charge in [-0.05, 0) is 13.3 Å². The Kier molecular flexibility index (Phi) is 2.61. The van der Waals surface area contributed by atoms with Crippen molar-refractivity contribution in [2.45, 2.75) is 33.6 Å². The molecule has 0 unspecified atom stereocenters. The lowest BCUT2D eigenvalue weighted by Gasteiger charge is -2.04. The lowest BCUT2D eigenvalue weighted by atomic mass is 10.2. The van der Waals surface area contributed by atoms with E-state index in [1.165, 1.54) is 0 Å². The maximum absolute atomic E-state index is 6.20. The standard InChI is InChI=1S/C10H13ClN4/c1-4-7-6(3)9(11)15-10(12-7)13-8(5-2)14-15/h4-5H2,1-3H3. The fraction of sp³-hybridized carbons (Fsp3) is 0.500. The molecule has 2 heterocycles. The van der Waals surface area contributed by atoms with E-state index in [4.69, 9.17) is 11.6 Å². The zero-order valence-corrected chi connectivity index (χ0v) is 9.84. The van der Waals surface area contributed by atoms with Crippen LogP contribution in [-0.2, 0) is 12.8 Å². The van der Waals surface area contributed by atoms with Crippen LogP contribution in [0.25, 0.3) is 5.78 Å². The van der Waals surface area contributed by atoms with Crippen LogP contribution >= 0.6 is 11.6 Å². The lowest BCUT2D eigenvalue weighted by molar-refractivity contribution is 0.861. The predicted octanol–water partition coefficient (Wildman–Crippen LogP) is 2.21. The number of hydrogen-bond donors (Lipinski definition) is 0. The summed E-state index contributed by atoms with van der Waals surface area (Å²) in [6.07, 6.45) is 1.65. The number of fused-ring (bicyclic) bond motifs is 1. The Bertz CT molecular complexity index is 504. The van der Waals surface area contributed by atoms with E-state index >= 15 is 0 Å². The molecule has 4 nitrogen and oxygen atoms in total. The maximum Gasteiger partial charge on any atom is 0.254 e. The first-order valence-corrected chi connectivity index (χ1v) is 5.45. The van der Waals surface area contributed by atoms with E-state index in [9.17, 15) is 0 Å². The van der Waals surface area contributed by atoms with Gasteiger partial charge >= 0.3 is 0 Å². The highest BCUT2D eigenvalue weighted by atomic mass is 35.5. The molecular formula is C10H13ClN4. The molecule has 0 radical (unpaired) electrons. The summed E-state index contributed by atoms with van der Waals surface area (Å²) in [6.45, 7) is 6.02. The molecular weight excluding hydrogens is 212 g/mol. The van der Waals surface area contributed by atoms with Gasteiger partial charge in [-0.25, -0.2) is 4.98 Å². The van der Waals surface area contributed by atoms with E-state index in [-0.39, 0.29) is 0 Å². The molecule has 0 saturated heterocycles. The van der Waals surface area contributed by atoms with Crippen LogP contribution in [-0.4, -0.2) is 19.6 Å². The Labute approximate surface area is 93.3 Å². The molecule has 2 aromatic heterocycles. The fourth-order valence-corrected chi connectivity index (χ4v) is 1.75. The first-order valence-electron chi connectivity index (χ1n) is 5.08. The molecule has 0 aromatic carbocycles. The molecule has 0 N–H and O–H groups in total. The third-order valence-electron chi connectivity index (χ3n) is 2.45. The molecule has 0 saturated carbocycles. The van der Waals surface area contributed by atoms with Gasteiger partial charge in [0.05, 0.1) is 5.69 Å². The minimum Gasteiger partial charge on any atom is -0.216 e. The first kappa shape index (κ1) is 10.4. The van der Waals surface area contributed by atoms with Crippen molar-refractivity contribution in [1.29, 1.82) is 0 Å². The molecule has 0 fully saturated rings. The van der Waals surface area contributed by atoms with Gasteiger partial charge < -0.3 is 0 Å². The summed E-state index contributed by atoms with van der Waals surface area (Å²) < 4.78 is 1.61. The maximum atomic E-state index is 6.20.